The number of benzene rings is 3. The topological polar surface area (TPSA) is 93.9 Å². The number of nitrogens with one attached hydrogen (secondary N) is 1. The molecule has 0 aliphatic heterocycles. The number of rotatable bonds is 5. The zero-order valence-electron chi connectivity index (χ0n) is 16.0. The van der Waals surface area contributed by atoms with Gasteiger partial charge in [-0.2, -0.15) is 5.01 Å². The summed E-state index contributed by atoms with van der Waals surface area (Å²) in [7, 11) is 0. The Balaban J connectivity index is 1.71. The smallest absolute Gasteiger partial charge is 0.433 e. The van der Waals surface area contributed by atoms with Crippen molar-refractivity contribution >= 4 is 35.2 Å². The van der Waals surface area contributed by atoms with Crippen molar-refractivity contribution in [2.24, 2.45) is 0 Å². The van der Waals surface area contributed by atoms with Gasteiger partial charge in [-0.1, -0.05) is 72.3 Å². The summed E-state index contributed by atoms with van der Waals surface area (Å²) in [5.74, 6) is 0. The van der Waals surface area contributed by atoms with Crippen LogP contribution in [-0.2, 0) is 22.7 Å². The van der Waals surface area contributed by atoms with Gasteiger partial charge in [-0.3, -0.25) is 0 Å². The van der Waals surface area contributed by atoms with E-state index in [4.69, 9.17) is 26.8 Å². The summed E-state index contributed by atoms with van der Waals surface area (Å²) in [6.45, 7) is 0.0541. The number of nitrogens with zero attached hydrogens (tertiary/aromatic N) is 1. The van der Waals surface area contributed by atoms with E-state index in [0.29, 0.717) is 5.69 Å². The van der Waals surface area contributed by atoms with Gasteiger partial charge >= 0.3 is 12.2 Å². The van der Waals surface area contributed by atoms with Crippen LogP contribution in [0.25, 0.3) is 0 Å². The van der Waals surface area contributed by atoms with Crippen LogP contribution in [0.2, 0.25) is 5.02 Å². The van der Waals surface area contributed by atoms with Crippen LogP contribution in [0.15, 0.2) is 78.9 Å². The first kappa shape index (κ1) is 21.0. The third-order valence-corrected chi connectivity index (χ3v) is 4.32. The molecule has 3 aromatic carbocycles. The van der Waals surface area contributed by atoms with Crippen LogP contribution >= 0.6 is 11.6 Å². The lowest BCUT2D eigenvalue weighted by Gasteiger charge is -2.23. The fourth-order valence-corrected chi connectivity index (χ4v) is 2.81. The molecule has 0 fully saturated rings. The van der Waals surface area contributed by atoms with E-state index < -0.39 is 12.2 Å². The molecule has 154 valence electrons. The summed E-state index contributed by atoms with van der Waals surface area (Å²) in [5, 5.41) is 1.05. The lowest BCUT2D eigenvalue weighted by Crippen LogP contribution is -2.47. The van der Waals surface area contributed by atoms with Gasteiger partial charge in [0.05, 0.1) is 10.7 Å². The van der Waals surface area contributed by atoms with Crippen LogP contribution in [0.3, 0.4) is 0 Å². The molecule has 0 heterocycles. The van der Waals surface area contributed by atoms with E-state index in [1.54, 1.807) is 6.07 Å². The number of nitrogen functional groups attached to an aromatic ring is 1. The highest BCUT2D eigenvalue weighted by Gasteiger charge is 2.23. The van der Waals surface area contributed by atoms with Gasteiger partial charge in [-0.05, 0) is 29.3 Å². The molecule has 3 rings (SSSR count). The van der Waals surface area contributed by atoms with Crippen LogP contribution in [0.4, 0.5) is 21.0 Å². The molecule has 0 aromatic heterocycles. The second-order valence-electron chi connectivity index (χ2n) is 6.26. The molecule has 0 radical (unpaired) electrons. The third kappa shape index (κ3) is 5.89. The Morgan fingerprint density at radius 1 is 0.867 bits per heavy atom. The van der Waals surface area contributed by atoms with Gasteiger partial charge in [0, 0.05) is 5.69 Å². The fourth-order valence-electron chi connectivity index (χ4n) is 2.54. The molecule has 0 aliphatic carbocycles. The van der Waals surface area contributed by atoms with Crippen LogP contribution in [0.5, 0.6) is 0 Å². The average molecular weight is 426 g/mol. The average Bonchev–Trinajstić information content (AvgIpc) is 2.76. The molecule has 0 saturated heterocycles. The summed E-state index contributed by atoms with van der Waals surface area (Å²) in [4.78, 5) is 25.0. The van der Waals surface area contributed by atoms with Gasteiger partial charge < -0.3 is 15.2 Å². The molecule has 0 saturated carbocycles. The number of anilines is 2. The van der Waals surface area contributed by atoms with E-state index in [9.17, 15) is 9.59 Å². The molecule has 0 unspecified atom stereocenters. The molecule has 0 aliphatic rings. The molecule has 3 N–H and O–H groups in total. The number of hydrogen-bond acceptors (Lipinski definition) is 5. The highest BCUT2D eigenvalue weighted by molar-refractivity contribution is 6.34. The monoisotopic (exact) mass is 425 g/mol. The zero-order chi connectivity index (χ0) is 21.3. The first-order chi connectivity index (χ1) is 14.5. The van der Waals surface area contributed by atoms with Crippen LogP contribution < -0.4 is 16.2 Å². The van der Waals surface area contributed by atoms with Gasteiger partial charge in [-0.15, -0.1) is 0 Å². The normalized spacial score (nSPS) is 10.2. The van der Waals surface area contributed by atoms with Crippen molar-refractivity contribution in [2.75, 3.05) is 10.7 Å². The Kier molecular flexibility index (Phi) is 7.13. The molecular weight excluding hydrogens is 406 g/mol. The molecule has 8 heteroatoms. The van der Waals surface area contributed by atoms with Crippen LogP contribution in [-0.4, -0.2) is 12.2 Å². The summed E-state index contributed by atoms with van der Waals surface area (Å²) >= 11 is 6.22. The van der Waals surface area contributed by atoms with Crippen molar-refractivity contribution in [2.45, 2.75) is 13.2 Å². The number of carbonyl (C=O) groups is 2. The van der Waals surface area contributed by atoms with Crippen molar-refractivity contribution in [3.05, 3.63) is 95.0 Å². The molecule has 0 spiro atoms. The van der Waals surface area contributed by atoms with Gasteiger partial charge in [0.15, 0.2) is 0 Å². The lowest BCUT2D eigenvalue weighted by atomic mass is 10.2. The second-order valence-corrected chi connectivity index (χ2v) is 6.67. The maximum absolute atomic E-state index is 12.7. The molecule has 0 atom stereocenters. The van der Waals surface area contributed by atoms with Gasteiger partial charge in [0.2, 0.25) is 0 Å². The lowest BCUT2D eigenvalue weighted by molar-refractivity contribution is 0.126. The van der Waals surface area contributed by atoms with Crippen molar-refractivity contribution in [3.8, 4) is 0 Å². The van der Waals surface area contributed by atoms with E-state index in [-0.39, 0.29) is 23.9 Å². The van der Waals surface area contributed by atoms with E-state index in [0.717, 1.165) is 16.1 Å². The number of ether oxygens (including phenoxy) is 2. The Bertz CT molecular complexity index is 1000. The number of hydrazine groups is 1. The molecule has 7 nitrogen and oxygen atoms in total. The third-order valence-electron chi connectivity index (χ3n) is 4.02. The van der Waals surface area contributed by atoms with Gasteiger partial charge in [0.1, 0.15) is 13.2 Å². The summed E-state index contributed by atoms with van der Waals surface area (Å²) in [6, 6.07) is 22.8. The first-order valence-corrected chi connectivity index (χ1v) is 9.44. The van der Waals surface area contributed by atoms with E-state index >= 15 is 0 Å². The molecule has 0 bridgehead atoms. The summed E-state index contributed by atoms with van der Waals surface area (Å²) in [5.41, 5.74) is 10.3. The van der Waals surface area contributed by atoms with E-state index in [1.807, 2.05) is 60.7 Å². The predicted octanol–water partition coefficient (Wildman–Crippen LogP) is 4.91. The highest BCUT2D eigenvalue weighted by Crippen LogP contribution is 2.27. The molecular formula is C22H20ClN3O4. The van der Waals surface area contributed by atoms with E-state index in [2.05, 4.69) is 5.43 Å². The van der Waals surface area contributed by atoms with Crippen molar-refractivity contribution in [3.63, 3.8) is 0 Å². The zero-order valence-corrected chi connectivity index (χ0v) is 16.7. The number of hydrogen-bond donors (Lipinski definition) is 2. The quantitative estimate of drug-likeness (QED) is 0.447. The Morgan fingerprint density at radius 2 is 1.43 bits per heavy atom. The van der Waals surface area contributed by atoms with Gasteiger partial charge in [0.25, 0.3) is 0 Å². The Morgan fingerprint density at radius 3 is 2.00 bits per heavy atom. The van der Waals surface area contributed by atoms with E-state index in [1.165, 1.54) is 12.1 Å². The number of amides is 2. The Labute approximate surface area is 178 Å². The van der Waals surface area contributed by atoms with Crippen molar-refractivity contribution in [1.29, 1.82) is 0 Å². The highest BCUT2D eigenvalue weighted by atomic mass is 35.5. The Hall–Kier alpha value is -3.71. The van der Waals surface area contributed by atoms with Crippen LogP contribution in [0.1, 0.15) is 11.1 Å². The number of nitrogens with two attached hydrogens (primary N) is 1. The van der Waals surface area contributed by atoms with Crippen molar-refractivity contribution in [1.82, 2.24) is 5.43 Å². The SMILES string of the molecule is Nc1ccc(N(NC(=O)OCc2ccccc2)C(=O)OCc2ccccc2)c(Cl)c1. The van der Waals surface area contributed by atoms with Crippen LogP contribution in [0, 0.1) is 0 Å². The second kappa shape index (κ2) is 10.2. The standard InChI is InChI=1S/C22H20ClN3O4/c23-19-13-18(24)11-12-20(19)26(22(28)30-15-17-9-5-2-6-10-17)25-21(27)29-14-16-7-3-1-4-8-16/h1-13H,14-15,24H2,(H,25,27). The molecule has 30 heavy (non-hydrogen) atoms. The largest absolute Gasteiger partial charge is 0.443 e. The fraction of sp³-hybridized carbons (Fsp3) is 0.0909. The maximum Gasteiger partial charge on any atom is 0.433 e. The minimum Gasteiger partial charge on any atom is -0.443 e. The number of carbonyl (C=O) groups excluding carboxylic acids is 2. The molecule has 2 amide bonds. The minimum atomic E-state index is -0.844. The van der Waals surface area contributed by atoms with Gasteiger partial charge in [-0.25, -0.2) is 15.0 Å². The summed E-state index contributed by atoms with van der Waals surface area (Å²) in [6.07, 6.45) is -1.68. The maximum atomic E-state index is 12.7. The first-order valence-electron chi connectivity index (χ1n) is 9.06. The predicted molar refractivity (Wildman–Crippen MR) is 115 cm³/mol. The minimum absolute atomic E-state index is 0.0174. The summed E-state index contributed by atoms with van der Waals surface area (Å²) < 4.78 is 10.5. The van der Waals surface area contributed by atoms with Crippen molar-refractivity contribution < 1.29 is 19.1 Å². The number of halogens is 1. The molecule has 3 aromatic rings.